The average molecular weight is 687 g/mol. The second-order valence-corrected chi connectivity index (χ2v) is 14.5. The van der Waals surface area contributed by atoms with E-state index in [2.05, 4.69) is 91.5 Å². The Kier molecular flexibility index (Phi) is 12.4. The molecule has 0 atom stereocenters. The molecule has 9 heteroatoms. The number of pyridine rings is 1. The maximum atomic E-state index is 12.1. The van der Waals surface area contributed by atoms with Crippen LogP contribution in [0.1, 0.15) is 63.0 Å². The molecule has 0 radical (unpaired) electrons. The Bertz CT molecular complexity index is 1860. The van der Waals surface area contributed by atoms with E-state index in [1.165, 1.54) is 30.4 Å². The molecule has 0 unspecified atom stereocenters. The third-order valence-electron chi connectivity index (χ3n) is 6.97. The maximum Gasteiger partial charge on any atom is 0.489 e. The molecule has 242 valence electrons. The van der Waals surface area contributed by atoms with Crippen molar-refractivity contribution in [3.05, 3.63) is 116 Å². The molecule has 5 N–H and O–H groups in total. The molecular weight excluding hydrogens is 643 g/mol. The zero-order valence-electron chi connectivity index (χ0n) is 27.6. The van der Waals surface area contributed by atoms with Crippen molar-refractivity contribution in [3.8, 4) is 0 Å². The molecule has 1 heterocycles. The molecule has 0 spiro atoms. The minimum Gasteiger partial charge on any atom is -0.465 e. The van der Waals surface area contributed by atoms with E-state index in [0.717, 1.165) is 44.7 Å². The molecule has 5 aromatic rings. The van der Waals surface area contributed by atoms with Gasteiger partial charge in [-0.15, -0.1) is 0 Å². The van der Waals surface area contributed by atoms with E-state index in [1.54, 1.807) is 12.1 Å². The zero-order valence-corrected chi connectivity index (χ0v) is 29.2. The molecule has 0 bridgehead atoms. The number of aromatic nitrogens is 1. The molecule has 4 aromatic carbocycles. The van der Waals surface area contributed by atoms with Gasteiger partial charge < -0.3 is 25.5 Å². The summed E-state index contributed by atoms with van der Waals surface area (Å²) in [5.41, 5.74) is 10.9. The maximum absolute atomic E-state index is 12.1. The number of carbonyl (C=O) groups excluding carboxylic acids is 1. The monoisotopic (exact) mass is 686 g/mol. The predicted molar refractivity (Wildman–Crippen MR) is 195 cm³/mol. The van der Waals surface area contributed by atoms with Crippen LogP contribution in [0.25, 0.3) is 21.7 Å². The summed E-state index contributed by atoms with van der Waals surface area (Å²) in [6, 6.07) is 26.4. The highest BCUT2D eigenvalue weighted by Crippen LogP contribution is 2.27. The number of ether oxygens (including phenoxy) is 1. The van der Waals surface area contributed by atoms with Crippen molar-refractivity contribution in [2.45, 2.75) is 54.4 Å². The predicted octanol–water partition coefficient (Wildman–Crippen LogP) is 7.04. The number of benzene rings is 4. The number of carbonyl (C=O) groups is 1. The van der Waals surface area contributed by atoms with Crippen molar-refractivity contribution in [1.29, 1.82) is 0 Å². The number of H-pyrrole nitrogens is 1. The number of aromatic amines is 1. The molecule has 0 aliphatic carbocycles. The van der Waals surface area contributed by atoms with Gasteiger partial charge in [-0.2, -0.15) is 0 Å². The highest BCUT2D eigenvalue weighted by molar-refractivity contribution is 9.10. The number of esters is 1. The lowest BCUT2D eigenvalue weighted by Gasteiger charge is -2.18. The smallest absolute Gasteiger partial charge is 0.465 e. The number of nitrogen functional groups attached to an aromatic ring is 1. The van der Waals surface area contributed by atoms with Crippen molar-refractivity contribution in [2.24, 2.45) is 10.8 Å². The Morgan fingerprint density at radius 3 is 1.91 bits per heavy atom. The number of fused-ring (bicyclic) bond motifs is 3. The largest absolute Gasteiger partial charge is 0.489 e. The van der Waals surface area contributed by atoms with Crippen LogP contribution in [0.15, 0.2) is 94.2 Å². The fourth-order valence-electron chi connectivity index (χ4n) is 5.06. The summed E-state index contributed by atoms with van der Waals surface area (Å²) in [7, 11) is -0.418. The van der Waals surface area contributed by atoms with Gasteiger partial charge in [0.15, 0.2) is 0 Å². The number of hydrogen-bond acceptors (Lipinski definition) is 6. The molecule has 7 nitrogen and oxygen atoms in total. The first-order valence-corrected chi connectivity index (χ1v) is 15.9. The Hall–Kier alpha value is -3.92. The summed E-state index contributed by atoms with van der Waals surface area (Å²) >= 11 is 3.43. The number of anilines is 1. The molecular formula is C37H44BBrN2O5. The van der Waals surface area contributed by atoms with Crippen LogP contribution in [0, 0.1) is 10.8 Å². The normalized spacial score (nSPS) is 11.3. The van der Waals surface area contributed by atoms with Gasteiger partial charge in [-0.25, -0.2) is 4.79 Å². The molecule has 0 saturated carbocycles. The average Bonchev–Trinajstić information content (AvgIpc) is 2.98. The summed E-state index contributed by atoms with van der Waals surface area (Å²) in [6.07, 6.45) is 2.10. The summed E-state index contributed by atoms with van der Waals surface area (Å²) in [5.74, 6) is -0.580. The van der Waals surface area contributed by atoms with E-state index in [-0.39, 0.29) is 22.0 Å². The van der Waals surface area contributed by atoms with Crippen LogP contribution in [0.2, 0.25) is 0 Å². The van der Waals surface area contributed by atoms with Gasteiger partial charge in [0.25, 0.3) is 5.56 Å². The van der Waals surface area contributed by atoms with Crippen molar-refractivity contribution < 1.29 is 19.6 Å². The zero-order chi connectivity index (χ0) is 34.2. The van der Waals surface area contributed by atoms with Crippen molar-refractivity contribution in [1.82, 2.24) is 4.98 Å². The molecule has 1 aromatic heterocycles. The molecule has 0 saturated heterocycles. The van der Waals surface area contributed by atoms with Gasteiger partial charge in [-0.1, -0.05) is 90.1 Å². The van der Waals surface area contributed by atoms with E-state index in [1.807, 2.05) is 36.4 Å². The van der Waals surface area contributed by atoms with Crippen molar-refractivity contribution in [3.63, 3.8) is 0 Å². The molecule has 0 amide bonds. The highest BCUT2D eigenvalue weighted by atomic mass is 79.9. The molecule has 0 fully saturated rings. The number of nitrogens with two attached hydrogens (primary N) is 1. The topological polar surface area (TPSA) is 126 Å². The number of hydrogen-bond donors (Lipinski definition) is 4. The third kappa shape index (κ3) is 10.6. The van der Waals surface area contributed by atoms with Crippen molar-refractivity contribution >= 4 is 61.8 Å². The first-order valence-electron chi connectivity index (χ1n) is 15.1. The lowest BCUT2D eigenvalue weighted by molar-refractivity contribution is 0.0601. The van der Waals surface area contributed by atoms with Crippen LogP contribution >= 0.6 is 15.9 Å². The molecule has 5 rings (SSSR count). The Labute approximate surface area is 280 Å². The van der Waals surface area contributed by atoms with Crippen LogP contribution in [0.4, 0.5) is 5.69 Å². The first kappa shape index (κ1) is 36.6. The second-order valence-electron chi connectivity index (χ2n) is 13.7. The third-order valence-corrected chi connectivity index (χ3v) is 7.66. The number of methoxy groups -OCH3 is 1. The fraction of sp³-hybridized carbons (Fsp3) is 0.297. The Balaban J connectivity index is 0.000000196. The van der Waals surface area contributed by atoms with E-state index in [4.69, 9.17) is 15.8 Å². The van der Waals surface area contributed by atoms with E-state index >= 15 is 0 Å². The molecule has 46 heavy (non-hydrogen) atoms. The van der Waals surface area contributed by atoms with Crippen LogP contribution in [0.5, 0.6) is 0 Å². The van der Waals surface area contributed by atoms with Gasteiger partial charge in [0.2, 0.25) is 0 Å². The Morgan fingerprint density at radius 2 is 1.35 bits per heavy atom. The van der Waals surface area contributed by atoms with Gasteiger partial charge in [-0.3, -0.25) is 4.79 Å². The van der Waals surface area contributed by atoms with Crippen molar-refractivity contribution in [2.75, 3.05) is 12.8 Å². The summed E-state index contributed by atoms with van der Waals surface area (Å²) in [6.45, 7) is 13.4. The Morgan fingerprint density at radius 1 is 0.804 bits per heavy atom. The standard InChI is InChI=1S/C18H19NO.C11H16BrN.C8H9BO4/c1-18(2,3)11-12-8-9-16-15(10-12)13-6-4-5-7-14(13)17(20)19-16;1-11(2,3)7-8-4-5-10(13)9(12)6-8;1-13-8(10)6-4-2-3-5-7(6)9(11)12/h4-10H,11H2,1-3H3,(H,19,20);4-6H,7,13H2,1-3H3;2-5,11-12H,1H3. The summed E-state index contributed by atoms with van der Waals surface area (Å²) in [5, 5.41) is 20.7. The van der Waals surface area contributed by atoms with E-state index in [0.29, 0.717) is 5.41 Å². The lowest BCUT2D eigenvalue weighted by atomic mass is 9.77. The van der Waals surface area contributed by atoms with E-state index in [9.17, 15) is 9.59 Å². The minimum absolute atomic E-state index is 0.0170. The summed E-state index contributed by atoms with van der Waals surface area (Å²) in [4.78, 5) is 26.1. The molecule has 0 aliphatic heterocycles. The van der Waals surface area contributed by atoms with Gasteiger partial charge in [-0.05, 0) is 98.0 Å². The summed E-state index contributed by atoms with van der Waals surface area (Å²) < 4.78 is 5.46. The number of nitrogens with one attached hydrogen (secondary N) is 1. The first-order chi connectivity index (χ1) is 21.5. The number of halogens is 1. The highest BCUT2D eigenvalue weighted by Gasteiger charge is 2.20. The second kappa shape index (κ2) is 15.6. The van der Waals surface area contributed by atoms with Gasteiger partial charge in [0.05, 0.1) is 12.7 Å². The molecule has 0 aliphatic rings. The van der Waals surface area contributed by atoms with Gasteiger partial charge >= 0.3 is 13.1 Å². The lowest BCUT2D eigenvalue weighted by Crippen LogP contribution is -2.34. The van der Waals surface area contributed by atoms with Gasteiger partial charge in [0, 0.05) is 26.4 Å². The quantitative estimate of drug-likeness (QED) is 0.0696. The number of rotatable bonds is 4. The SMILES string of the molecule is CC(C)(C)Cc1ccc(N)c(Br)c1.CC(C)(C)Cc1ccc2[nH]c(=O)c3ccccc3c2c1.COC(=O)c1ccccc1B(O)O. The van der Waals surface area contributed by atoms with Crippen LogP contribution in [0.3, 0.4) is 0 Å². The van der Waals surface area contributed by atoms with E-state index < -0.39 is 13.1 Å². The fourth-order valence-corrected chi connectivity index (χ4v) is 5.49. The van der Waals surface area contributed by atoms with Crippen LogP contribution in [-0.4, -0.2) is 35.2 Å². The van der Waals surface area contributed by atoms with Gasteiger partial charge in [0.1, 0.15) is 0 Å². The van der Waals surface area contributed by atoms with Crippen LogP contribution < -0.4 is 16.8 Å². The minimum atomic E-state index is -1.66. The van der Waals surface area contributed by atoms with Crippen LogP contribution in [-0.2, 0) is 17.6 Å².